The molecule has 2 rings (SSSR count). The van der Waals surface area contributed by atoms with Crippen LogP contribution in [0, 0.1) is 0 Å². The predicted molar refractivity (Wildman–Crippen MR) is 73.1 cm³/mol. The monoisotopic (exact) mass is 308 g/mol. The highest BCUT2D eigenvalue weighted by molar-refractivity contribution is 9.10. The van der Waals surface area contributed by atoms with Gasteiger partial charge in [0, 0.05) is 10.0 Å². The fraction of sp³-hybridized carbons (Fsp3) is 0.250. The normalized spacial score (nSPS) is 10.7. The zero-order valence-corrected chi connectivity index (χ0v) is 11.7. The van der Waals surface area contributed by atoms with Crippen molar-refractivity contribution in [3.05, 3.63) is 28.7 Å². The van der Waals surface area contributed by atoms with Crippen LogP contribution in [0.25, 0.3) is 11.4 Å². The van der Waals surface area contributed by atoms with E-state index in [4.69, 9.17) is 10.5 Å². The van der Waals surface area contributed by atoms with Gasteiger partial charge in [-0.1, -0.05) is 28.1 Å². The van der Waals surface area contributed by atoms with Gasteiger partial charge in [-0.15, -0.1) is 0 Å². The summed E-state index contributed by atoms with van der Waals surface area (Å²) in [7, 11) is 0. The van der Waals surface area contributed by atoms with Gasteiger partial charge in [0.15, 0.2) is 5.82 Å². The second kappa shape index (κ2) is 5.30. The fourth-order valence-electron chi connectivity index (χ4n) is 1.36. The van der Waals surface area contributed by atoms with Crippen LogP contribution in [0.15, 0.2) is 28.7 Å². The van der Waals surface area contributed by atoms with E-state index in [0.29, 0.717) is 5.82 Å². The Hall–Kier alpha value is -1.69. The second-order valence-corrected chi connectivity index (χ2v) is 4.89. The smallest absolute Gasteiger partial charge is 0.322 e. The van der Waals surface area contributed by atoms with E-state index >= 15 is 0 Å². The highest BCUT2D eigenvalue weighted by Gasteiger charge is 2.08. The summed E-state index contributed by atoms with van der Waals surface area (Å²) in [6.45, 7) is 3.80. The van der Waals surface area contributed by atoms with Gasteiger partial charge in [-0.25, -0.2) is 0 Å². The number of halogens is 1. The minimum atomic E-state index is -0.00966. The summed E-state index contributed by atoms with van der Waals surface area (Å²) in [5, 5.41) is 0. The first-order valence-corrected chi connectivity index (χ1v) is 6.28. The molecule has 0 saturated carbocycles. The van der Waals surface area contributed by atoms with Gasteiger partial charge in [0.1, 0.15) is 0 Å². The molecule has 5 nitrogen and oxygen atoms in total. The zero-order valence-electron chi connectivity index (χ0n) is 10.1. The van der Waals surface area contributed by atoms with Crippen LogP contribution in [0.5, 0.6) is 6.01 Å². The summed E-state index contributed by atoms with van der Waals surface area (Å²) >= 11 is 3.38. The fourth-order valence-corrected chi connectivity index (χ4v) is 1.63. The van der Waals surface area contributed by atoms with Crippen LogP contribution in [-0.2, 0) is 0 Å². The minimum Gasteiger partial charge on any atom is -0.461 e. The van der Waals surface area contributed by atoms with Gasteiger partial charge < -0.3 is 10.5 Å². The average molecular weight is 309 g/mol. The van der Waals surface area contributed by atoms with Gasteiger partial charge >= 0.3 is 6.01 Å². The number of nitrogens with zero attached hydrogens (tertiary/aromatic N) is 3. The molecule has 1 aromatic carbocycles. The molecule has 0 fully saturated rings. The summed E-state index contributed by atoms with van der Waals surface area (Å²) in [5.41, 5.74) is 6.51. The summed E-state index contributed by atoms with van der Waals surface area (Å²) in [6.07, 6.45) is -0.00966. The first-order valence-electron chi connectivity index (χ1n) is 5.49. The van der Waals surface area contributed by atoms with E-state index in [1.807, 2.05) is 38.1 Å². The van der Waals surface area contributed by atoms with E-state index in [1.165, 1.54) is 0 Å². The third-order valence-corrected chi connectivity index (χ3v) is 2.60. The summed E-state index contributed by atoms with van der Waals surface area (Å²) in [4.78, 5) is 12.3. The number of nitrogens with two attached hydrogens (primary N) is 1. The second-order valence-electron chi connectivity index (χ2n) is 3.97. The van der Waals surface area contributed by atoms with Crippen LogP contribution in [0.2, 0.25) is 0 Å². The van der Waals surface area contributed by atoms with E-state index in [9.17, 15) is 0 Å². The number of aromatic nitrogens is 3. The van der Waals surface area contributed by atoms with Crippen molar-refractivity contribution in [1.29, 1.82) is 0 Å². The Morgan fingerprint density at radius 2 is 1.78 bits per heavy atom. The van der Waals surface area contributed by atoms with Crippen molar-refractivity contribution in [2.45, 2.75) is 20.0 Å². The van der Waals surface area contributed by atoms with E-state index in [2.05, 4.69) is 30.9 Å². The molecule has 2 N–H and O–H groups in total. The highest BCUT2D eigenvalue weighted by Crippen LogP contribution is 2.20. The lowest BCUT2D eigenvalue weighted by molar-refractivity contribution is 0.222. The first kappa shape index (κ1) is 12.8. The van der Waals surface area contributed by atoms with Crippen LogP contribution in [0.3, 0.4) is 0 Å². The maximum absolute atomic E-state index is 5.65. The SMILES string of the molecule is CC(C)Oc1nc(N)nc(-c2ccc(Br)cc2)n1. The summed E-state index contributed by atoms with van der Waals surface area (Å²) < 4.78 is 6.42. The molecule has 0 amide bonds. The van der Waals surface area contributed by atoms with Gasteiger partial charge in [-0.2, -0.15) is 15.0 Å². The number of nitrogen functional groups attached to an aromatic ring is 1. The molecule has 1 aromatic heterocycles. The van der Waals surface area contributed by atoms with Crippen LogP contribution < -0.4 is 10.5 Å². The van der Waals surface area contributed by atoms with Gasteiger partial charge in [0.2, 0.25) is 5.95 Å². The molecule has 2 aromatic rings. The maximum atomic E-state index is 5.65. The Balaban J connectivity index is 2.38. The number of benzene rings is 1. The number of ether oxygens (including phenoxy) is 1. The van der Waals surface area contributed by atoms with Crippen LogP contribution in [0.4, 0.5) is 5.95 Å². The lowest BCUT2D eigenvalue weighted by Gasteiger charge is -2.09. The maximum Gasteiger partial charge on any atom is 0.322 e. The molecule has 0 aliphatic heterocycles. The van der Waals surface area contributed by atoms with Gasteiger partial charge in [0.05, 0.1) is 6.10 Å². The Kier molecular flexibility index (Phi) is 3.76. The first-order chi connectivity index (χ1) is 8.54. The molecular weight excluding hydrogens is 296 g/mol. The van der Waals surface area contributed by atoms with Crippen molar-refractivity contribution < 1.29 is 4.74 Å². The molecule has 6 heteroatoms. The van der Waals surface area contributed by atoms with Crippen LogP contribution in [-0.4, -0.2) is 21.1 Å². The molecule has 0 radical (unpaired) electrons. The molecule has 0 spiro atoms. The molecular formula is C12H13BrN4O. The minimum absolute atomic E-state index is 0.00966. The van der Waals surface area contributed by atoms with Crippen molar-refractivity contribution in [3.63, 3.8) is 0 Å². The molecule has 18 heavy (non-hydrogen) atoms. The predicted octanol–water partition coefficient (Wildman–Crippen LogP) is 2.67. The third kappa shape index (κ3) is 3.16. The third-order valence-electron chi connectivity index (χ3n) is 2.08. The standard InChI is InChI=1S/C12H13BrN4O/c1-7(2)18-12-16-10(15-11(14)17-12)8-3-5-9(13)6-4-8/h3-7H,1-2H3,(H2,14,15,16,17). The van der Waals surface area contributed by atoms with Crippen molar-refractivity contribution in [3.8, 4) is 17.4 Å². The zero-order chi connectivity index (χ0) is 13.1. The molecule has 0 bridgehead atoms. The highest BCUT2D eigenvalue weighted by atomic mass is 79.9. The molecule has 0 aliphatic carbocycles. The number of rotatable bonds is 3. The Labute approximate surface area is 114 Å². The summed E-state index contributed by atoms with van der Waals surface area (Å²) in [6, 6.07) is 7.88. The van der Waals surface area contributed by atoms with Gasteiger partial charge in [-0.3, -0.25) is 0 Å². The van der Waals surface area contributed by atoms with Crippen LogP contribution >= 0.6 is 15.9 Å². The van der Waals surface area contributed by atoms with E-state index in [-0.39, 0.29) is 18.1 Å². The van der Waals surface area contributed by atoms with E-state index < -0.39 is 0 Å². The molecule has 1 heterocycles. The topological polar surface area (TPSA) is 73.9 Å². The molecule has 94 valence electrons. The summed E-state index contributed by atoms with van der Waals surface area (Å²) in [5.74, 6) is 0.657. The Bertz CT molecular complexity index is 542. The van der Waals surface area contributed by atoms with Crippen molar-refractivity contribution in [2.75, 3.05) is 5.73 Å². The molecule has 0 aliphatic rings. The number of anilines is 1. The number of hydrogen-bond acceptors (Lipinski definition) is 5. The van der Waals surface area contributed by atoms with Gasteiger partial charge in [-0.05, 0) is 26.0 Å². The Morgan fingerprint density at radius 1 is 1.11 bits per heavy atom. The van der Waals surface area contributed by atoms with E-state index in [1.54, 1.807) is 0 Å². The largest absolute Gasteiger partial charge is 0.461 e. The van der Waals surface area contributed by atoms with E-state index in [0.717, 1.165) is 10.0 Å². The quantitative estimate of drug-likeness (QED) is 0.943. The van der Waals surface area contributed by atoms with Crippen LogP contribution in [0.1, 0.15) is 13.8 Å². The van der Waals surface area contributed by atoms with Gasteiger partial charge in [0.25, 0.3) is 0 Å². The Morgan fingerprint density at radius 3 is 2.39 bits per heavy atom. The van der Waals surface area contributed by atoms with Crippen molar-refractivity contribution >= 4 is 21.9 Å². The van der Waals surface area contributed by atoms with Crippen molar-refractivity contribution in [2.24, 2.45) is 0 Å². The number of hydrogen-bond donors (Lipinski definition) is 1. The molecule has 0 unspecified atom stereocenters. The van der Waals surface area contributed by atoms with Crippen molar-refractivity contribution in [1.82, 2.24) is 15.0 Å². The lowest BCUT2D eigenvalue weighted by Crippen LogP contribution is -2.11. The lowest BCUT2D eigenvalue weighted by atomic mass is 10.2. The molecule has 0 atom stereocenters. The molecule has 0 saturated heterocycles. The average Bonchev–Trinajstić information content (AvgIpc) is 2.28.